The van der Waals surface area contributed by atoms with Gasteiger partial charge in [0.1, 0.15) is 5.75 Å². The van der Waals surface area contributed by atoms with E-state index in [-0.39, 0.29) is 35.1 Å². The topological polar surface area (TPSA) is 76.0 Å². The number of amidine groups is 1. The number of carbonyl (C=O) groups is 1. The van der Waals surface area contributed by atoms with Gasteiger partial charge in [-0.05, 0) is 24.3 Å². The Balaban J connectivity index is 1.69. The Bertz CT molecular complexity index is 1140. The quantitative estimate of drug-likeness (QED) is 0.655. The third-order valence-corrected chi connectivity index (χ3v) is 8.75. The number of thioether (sulfide) groups is 1. The summed E-state index contributed by atoms with van der Waals surface area (Å²) in [5.41, 5.74) is 1.28. The number of para-hydroxylation sites is 1. The molecule has 0 radical (unpaired) electrons. The van der Waals surface area contributed by atoms with Crippen molar-refractivity contribution in [3.63, 3.8) is 0 Å². The molecule has 6 nitrogen and oxygen atoms in total. The van der Waals surface area contributed by atoms with Crippen molar-refractivity contribution in [2.24, 2.45) is 4.99 Å². The minimum atomic E-state index is -3.17. The van der Waals surface area contributed by atoms with Crippen LogP contribution in [0.2, 0.25) is 10.0 Å². The van der Waals surface area contributed by atoms with E-state index < -0.39 is 9.84 Å². The molecule has 2 saturated heterocycles. The second-order valence-electron chi connectivity index (χ2n) is 7.04. The number of hydrogen-bond donors (Lipinski definition) is 0. The van der Waals surface area contributed by atoms with Gasteiger partial charge in [0, 0.05) is 15.8 Å². The van der Waals surface area contributed by atoms with Gasteiger partial charge in [0.2, 0.25) is 0 Å². The molecule has 0 N–H and O–H groups in total. The maximum Gasteiger partial charge on any atom is 0.252 e. The van der Waals surface area contributed by atoms with Gasteiger partial charge in [-0.1, -0.05) is 53.2 Å². The number of fused-ring (bicyclic) bond motifs is 1. The minimum absolute atomic E-state index is 0.0206. The fourth-order valence-electron chi connectivity index (χ4n) is 3.67. The maximum atomic E-state index is 12.8. The average molecular weight is 485 g/mol. The number of benzene rings is 2. The Labute approximate surface area is 189 Å². The van der Waals surface area contributed by atoms with E-state index in [0.29, 0.717) is 26.6 Å². The van der Waals surface area contributed by atoms with Crippen LogP contribution < -0.4 is 9.64 Å². The van der Waals surface area contributed by atoms with Gasteiger partial charge in [-0.15, -0.1) is 0 Å². The fraction of sp³-hybridized carbons (Fsp3) is 0.300. The third kappa shape index (κ3) is 4.32. The molecule has 2 aromatic carbocycles. The number of rotatable bonds is 4. The van der Waals surface area contributed by atoms with Gasteiger partial charge in [-0.25, -0.2) is 8.42 Å². The van der Waals surface area contributed by atoms with Gasteiger partial charge in [0.25, 0.3) is 5.91 Å². The van der Waals surface area contributed by atoms with Crippen molar-refractivity contribution in [2.45, 2.75) is 17.7 Å². The van der Waals surface area contributed by atoms with Crippen LogP contribution in [0, 0.1) is 0 Å². The molecular weight excluding hydrogens is 467 g/mol. The molecule has 0 unspecified atom stereocenters. The van der Waals surface area contributed by atoms with E-state index in [0.717, 1.165) is 5.56 Å². The second kappa shape index (κ2) is 8.42. The van der Waals surface area contributed by atoms with Gasteiger partial charge >= 0.3 is 0 Å². The van der Waals surface area contributed by atoms with Gasteiger partial charge in [0.15, 0.2) is 15.0 Å². The lowest BCUT2D eigenvalue weighted by molar-refractivity contribution is -0.117. The average Bonchev–Trinajstić information content (AvgIpc) is 3.15. The molecule has 2 fully saturated rings. The van der Waals surface area contributed by atoms with Crippen molar-refractivity contribution in [1.82, 2.24) is 0 Å². The summed E-state index contributed by atoms with van der Waals surface area (Å²) < 4.78 is 29.7. The molecule has 30 heavy (non-hydrogen) atoms. The number of nitrogens with zero attached hydrogens (tertiary/aromatic N) is 2. The van der Waals surface area contributed by atoms with Gasteiger partial charge in [0.05, 0.1) is 41.8 Å². The lowest BCUT2D eigenvalue weighted by Gasteiger charge is -2.25. The van der Waals surface area contributed by atoms with Crippen molar-refractivity contribution in [1.29, 1.82) is 0 Å². The SMILES string of the molecule is COc1ccccc1CC(=O)N=C1S[C@H]2CS(=O)(=O)C[C@@H]2N1c1cc(Cl)ccc1Cl. The molecule has 2 heterocycles. The zero-order valence-electron chi connectivity index (χ0n) is 15.9. The zero-order valence-corrected chi connectivity index (χ0v) is 19.1. The molecule has 2 aliphatic rings. The Morgan fingerprint density at radius 2 is 2.00 bits per heavy atom. The van der Waals surface area contributed by atoms with Gasteiger partial charge in [-0.3, -0.25) is 4.79 Å². The molecular formula is C20H18Cl2N2O4S2. The monoisotopic (exact) mass is 484 g/mol. The normalized spacial score (nSPS) is 23.6. The van der Waals surface area contributed by atoms with Crippen molar-refractivity contribution in [2.75, 3.05) is 23.5 Å². The Morgan fingerprint density at radius 1 is 1.23 bits per heavy atom. The van der Waals surface area contributed by atoms with Gasteiger partial charge < -0.3 is 9.64 Å². The summed E-state index contributed by atoms with van der Waals surface area (Å²) in [5.74, 6) is 0.278. The highest BCUT2D eigenvalue weighted by Gasteiger charge is 2.49. The lowest BCUT2D eigenvalue weighted by Crippen LogP contribution is -2.38. The molecule has 0 aromatic heterocycles. The number of hydrogen-bond acceptors (Lipinski definition) is 5. The van der Waals surface area contributed by atoms with Crippen LogP contribution in [0.25, 0.3) is 0 Å². The van der Waals surface area contributed by atoms with Crippen LogP contribution in [-0.4, -0.2) is 49.4 Å². The van der Waals surface area contributed by atoms with E-state index in [2.05, 4.69) is 4.99 Å². The van der Waals surface area contributed by atoms with Crippen LogP contribution in [0.15, 0.2) is 47.5 Å². The van der Waals surface area contributed by atoms with Crippen molar-refractivity contribution >= 4 is 61.6 Å². The summed E-state index contributed by atoms with van der Waals surface area (Å²) in [6, 6.07) is 11.9. The van der Waals surface area contributed by atoms with Crippen molar-refractivity contribution in [3.05, 3.63) is 58.1 Å². The lowest BCUT2D eigenvalue weighted by atomic mass is 10.1. The molecule has 1 amide bonds. The second-order valence-corrected chi connectivity index (χ2v) is 11.2. The van der Waals surface area contributed by atoms with Crippen molar-refractivity contribution < 1.29 is 17.9 Å². The predicted molar refractivity (Wildman–Crippen MR) is 122 cm³/mol. The molecule has 0 aliphatic carbocycles. The summed E-state index contributed by atoms with van der Waals surface area (Å²) in [7, 11) is -1.63. The maximum absolute atomic E-state index is 12.8. The molecule has 10 heteroatoms. The first-order chi connectivity index (χ1) is 14.3. The van der Waals surface area contributed by atoms with Crippen LogP contribution in [-0.2, 0) is 21.1 Å². The van der Waals surface area contributed by atoms with E-state index >= 15 is 0 Å². The fourth-order valence-corrected chi connectivity index (χ4v) is 7.97. The summed E-state index contributed by atoms with van der Waals surface area (Å²) in [4.78, 5) is 18.8. The smallest absolute Gasteiger partial charge is 0.252 e. The van der Waals surface area contributed by atoms with Crippen LogP contribution in [0.5, 0.6) is 5.75 Å². The third-order valence-electron chi connectivity index (χ3n) is 4.99. The van der Waals surface area contributed by atoms with E-state index in [1.165, 1.54) is 11.8 Å². The number of anilines is 1. The molecule has 2 aromatic rings. The number of aliphatic imine (C=N–C) groups is 1. The molecule has 158 valence electrons. The first kappa shape index (κ1) is 21.5. The molecule has 0 saturated carbocycles. The van der Waals surface area contributed by atoms with E-state index in [9.17, 15) is 13.2 Å². The highest BCUT2D eigenvalue weighted by atomic mass is 35.5. The minimum Gasteiger partial charge on any atom is -0.496 e. The Morgan fingerprint density at radius 3 is 2.77 bits per heavy atom. The number of halogens is 2. The van der Waals surface area contributed by atoms with E-state index in [1.54, 1.807) is 36.3 Å². The van der Waals surface area contributed by atoms with E-state index in [1.807, 2.05) is 18.2 Å². The van der Waals surface area contributed by atoms with Crippen LogP contribution in [0.3, 0.4) is 0 Å². The van der Waals surface area contributed by atoms with Crippen LogP contribution >= 0.6 is 35.0 Å². The Kier molecular flexibility index (Phi) is 6.03. The number of sulfone groups is 1. The van der Waals surface area contributed by atoms with Crippen molar-refractivity contribution in [3.8, 4) is 5.75 Å². The summed E-state index contributed by atoms with van der Waals surface area (Å²) >= 11 is 13.8. The largest absolute Gasteiger partial charge is 0.496 e. The number of ether oxygens (including phenoxy) is 1. The molecule has 4 rings (SSSR count). The zero-order chi connectivity index (χ0) is 21.5. The predicted octanol–water partition coefficient (Wildman–Crippen LogP) is 3.85. The number of methoxy groups -OCH3 is 1. The van der Waals surface area contributed by atoms with Crippen LogP contribution in [0.4, 0.5) is 5.69 Å². The number of amides is 1. The van der Waals surface area contributed by atoms with E-state index in [4.69, 9.17) is 27.9 Å². The molecule has 0 bridgehead atoms. The highest BCUT2D eigenvalue weighted by molar-refractivity contribution is 8.16. The first-order valence-corrected chi connectivity index (χ1v) is 12.6. The molecule has 0 spiro atoms. The molecule has 2 atom stereocenters. The molecule has 2 aliphatic heterocycles. The number of carbonyl (C=O) groups excluding carboxylic acids is 1. The van der Waals surface area contributed by atoms with Crippen LogP contribution in [0.1, 0.15) is 5.56 Å². The first-order valence-electron chi connectivity index (χ1n) is 9.12. The summed E-state index contributed by atoms with van der Waals surface area (Å²) in [6.07, 6.45) is 0.0683. The highest BCUT2D eigenvalue weighted by Crippen LogP contribution is 2.43. The standard InChI is InChI=1S/C20H18Cl2N2O4S2/c1-28-17-5-3-2-4-12(17)8-19(25)23-20-24(15-9-13(21)6-7-14(15)22)16-10-30(26,27)11-18(16)29-20/h2-7,9,16,18H,8,10-11H2,1H3/t16-,18-/m0/s1. The summed E-state index contributed by atoms with van der Waals surface area (Å²) in [6.45, 7) is 0. The summed E-state index contributed by atoms with van der Waals surface area (Å²) in [5, 5.41) is 1.09. The van der Waals surface area contributed by atoms with Gasteiger partial charge in [-0.2, -0.15) is 4.99 Å². The Hall–Kier alpha value is -1.74.